The number of nitrogens with zero attached hydrogens (tertiary/aromatic N) is 6. The largest absolute Gasteiger partial charge is 0.367 e. The predicted octanol–water partition coefficient (Wildman–Crippen LogP) is 8.33. The molecule has 4 aromatic heterocycles. The molecular weight excluding hydrogens is 608 g/mol. The minimum Gasteiger partial charge on any atom is -0.367 e. The van der Waals surface area contributed by atoms with Crippen LogP contribution >= 0.6 is 11.6 Å². The SMILES string of the molecule is Cc1cccc(-c2nc(Cl)cc(NC3CCC(F)(F)CC3)n2)n1.Cc1cccc(-c2nccc(NC3CCC(F)(F)CC3)n2)n1. The molecule has 0 atom stereocenters. The quantitative estimate of drug-likeness (QED) is 0.160. The molecule has 2 aliphatic carbocycles. The number of nitrogens with one attached hydrogen (secondary N) is 2. The van der Waals surface area contributed by atoms with Gasteiger partial charge in [0.25, 0.3) is 0 Å². The number of aromatic nitrogens is 6. The molecule has 4 heterocycles. The molecule has 0 bridgehead atoms. The maximum Gasteiger partial charge on any atom is 0.248 e. The van der Waals surface area contributed by atoms with Crippen molar-refractivity contribution in [2.24, 2.45) is 0 Å². The van der Waals surface area contributed by atoms with Gasteiger partial charge in [-0.3, -0.25) is 0 Å². The van der Waals surface area contributed by atoms with Crippen molar-refractivity contribution in [1.29, 1.82) is 0 Å². The van der Waals surface area contributed by atoms with Crippen LogP contribution in [0.15, 0.2) is 54.7 Å². The Kier molecular flexibility index (Phi) is 10.1. The minimum atomic E-state index is -2.54. The van der Waals surface area contributed by atoms with E-state index in [2.05, 4.69) is 40.5 Å². The highest BCUT2D eigenvalue weighted by molar-refractivity contribution is 6.29. The minimum absolute atomic E-state index is 0.0288. The van der Waals surface area contributed by atoms with Gasteiger partial charge in [-0.25, -0.2) is 47.5 Å². The molecule has 0 amide bonds. The van der Waals surface area contributed by atoms with Crippen LogP contribution in [0.1, 0.15) is 62.8 Å². The lowest BCUT2D eigenvalue weighted by molar-refractivity contribution is -0.0366. The summed E-state index contributed by atoms with van der Waals surface area (Å²) in [7, 11) is 0. The third-order valence-corrected chi connectivity index (χ3v) is 7.92. The first-order valence-corrected chi connectivity index (χ1v) is 15.4. The van der Waals surface area contributed by atoms with Crippen LogP contribution in [0.2, 0.25) is 5.15 Å². The van der Waals surface area contributed by atoms with E-state index in [0.717, 1.165) is 11.4 Å². The van der Waals surface area contributed by atoms with Crippen LogP contribution in [0.4, 0.5) is 29.2 Å². The fourth-order valence-corrected chi connectivity index (χ4v) is 5.47. The van der Waals surface area contributed by atoms with Crippen LogP contribution in [0.3, 0.4) is 0 Å². The number of anilines is 2. The first kappa shape index (κ1) is 32.5. The molecule has 2 fully saturated rings. The molecule has 2 aliphatic rings. The van der Waals surface area contributed by atoms with E-state index in [9.17, 15) is 17.6 Å². The molecule has 238 valence electrons. The standard InChI is InChI=1S/C16H17ClF2N4.C16H18F2N4/c1-10-3-2-4-12(20-10)15-22-13(17)9-14(23-15)21-11-5-7-16(18,19)8-6-11;1-11-3-2-4-13(20-11)15-19-10-7-14(22-15)21-12-5-8-16(17,18)9-6-12/h2-4,9,11H,5-8H2,1H3,(H,21,22,23);2-4,7,10,12H,5-6,8-9H2,1H3,(H,19,21,22). The van der Waals surface area contributed by atoms with Gasteiger partial charge in [0, 0.05) is 61.4 Å². The van der Waals surface area contributed by atoms with Crippen molar-refractivity contribution in [3.63, 3.8) is 0 Å². The van der Waals surface area contributed by atoms with Crippen molar-refractivity contribution in [2.75, 3.05) is 10.6 Å². The molecule has 0 radical (unpaired) electrons. The van der Waals surface area contributed by atoms with Crippen molar-refractivity contribution in [1.82, 2.24) is 29.9 Å². The van der Waals surface area contributed by atoms with Crippen LogP contribution in [-0.4, -0.2) is 53.8 Å². The van der Waals surface area contributed by atoms with E-state index in [1.807, 2.05) is 50.2 Å². The zero-order valence-corrected chi connectivity index (χ0v) is 25.8. The Bertz CT molecular complexity index is 1590. The van der Waals surface area contributed by atoms with Gasteiger partial charge in [0.2, 0.25) is 11.8 Å². The van der Waals surface area contributed by atoms with Gasteiger partial charge in [0.15, 0.2) is 11.6 Å². The van der Waals surface area contributed by atoms with E-state index in [-0.39, 0.29) is 37.8 Å². The van der Waals surface area contributed by atoms with Gasteiger partial charge >= 0.3 is 0 Å². The Hall–Kier alpha value is -3.93. The number of rotatable bonds is 6. The van der Waals surface area contributed by atoms with Crippen LogP contribution < -0.4 is 10.6 Å². The van der Waals surface area contributed by atoms with Gasteiger partial charge in [0.05, 0.1) is 0 Å². The average Bonchev–Trinajstić information content (AvgIpc) is 3.00. The zero-order valence-electron chi connectivity index (χ0n) is 25.1. The normalized spacial score (nSPS) is 18.0. The number of aryl methyl sites for hydroxylation is 2. The number of hydrogen-bond donors (Lipinski definition) is 2. The van der Waals surface area contributed by atoms with Gasteiger partial charge in [-0.1, -0.05) is 23.7 Å². The molecule has 13 heteroatoms. The lowest BCUT2D eigenvalue weighted by atomic mass is 9.92. The van der Waals surface area contributed by atoms with Crippen molar-refractivity contribution in [2.45, 2.75) is 89.1 Å². The topological polar surface area (TPSA) is 101 Å². The summed E-state index contributed by atoms with van der Waals surface area (Å²) in [5.41, 5.74) is 3.09. The molecule has 2 N–H and O–H groups in total. The Morgan fingerprint density at radius 1 is 0.644 bits per heavy atom. The second-order valence-corrected chi connectivity index (χ2v) is 11.9. The number of alkyl halides is 4. The molecule has 2 saturated carbocycles. The van der Waals surface area contributed by atoms with Gasteiger partial charge < -0.3 is 10.6 Å². The monoisotopic (exact) mass is 642 g/mol. The summed E-state index contributed by atoms with van der Waals surface area (Å²) in [5.74, 6) is -2.90. The summed E-state index contributed by atoms with van der Waals surface area (Å²) in [6.07, 6.45) is 3.05. The van der Waals surface area contributed by atoms with Crippen LogP contribution in [-0.2, 0) is 0 Å². The van der Waals surface area contributed by atoms with Gasteiger partial charge in [-0.2, -0.15) is 0 Å². The van der Waals surface area contributed by atoms with Crippen molar-refractivity contribution >= 4 is 23.2 Å². The van der Waals surface area contributed by atoms with Gasteiger partial charge in [-0.15, -0.1) is 0 Å². The third-order valence-electron chi connectivity index (χ3n) is 7.72. The van der Waals surface area contributed by atoms with E-state index in [1.54, 1.807) is 18.3 Å². The van der Waals surface area contributed by atoms with Crippen molar-refractivity contribution < 1.29 is 17.6 Å². The molecule has 0 spiro atoms. The summed E-state index contributed by atoms with van der Waals surface area (Å²) in [4.78, 5) is 26.1. The van der Waals surface area contributed by atoms with Gasteiger partial charge in [0.1, 0.15) is 28.2 Å². The van der Waals surface area contributed by atoms with E-state index >= 15 is 0 Å². The van der Waals surface area contributed by atoms with Crippen molar-refractivity contribution in [3.05, 3.63) is 71.3 Å². The second-order valence-electron chi connectivity index (χ2n) is 11.5. The van der Waals surface area contributed by atoms with Crippen molar-refractivity contribution in [3.8, 4) is 23.0 Å². The van der Waals surface area contributed by atoms with Crippen LogP contribution in [0.5, 0.6) is 0 Å². The molecule has 0 unspecified atom stereocenters. The maximum atomic E-state index is 13.2. The third kappa shape index (κ3) is 9.53. The van der Waals surface area contributed by atoms with Gasteiger partial charge in [-0.05, 0) is 69.9 Å². The Labute approximate surface area is 264 Å². The zero-order chi connectivity index (χ0) is 32.0. The van der Waals surface area contributed by atoms with Crippen LogP contribution in [0, 0.1) is 13.8 Å². The Morgan fingerprint density at radius 3 is 1.67 bits per heavy atom. The van der Waals surface area contributed by atoms with E-state index in [4.69, 9.17) is 11.6 Å². The molecule has 0 saturated heterocycles. The summed E-state index contributed by atoms with van der Waals surface area (Å²) >= 11 is 6.06. The maximum absolute atomic E-state index is 13.2. The summed E-state index contributed by atoms with van der Waals surface area (Å²) in [6.45, 7) is 3.79. The van der Waals surface area contributed by atoms with Crippen LogP contribution in [0.25, 0.3) is 23.0 Å². The summed E-state index contributed by atoms with van der Waals surface area (Å²) < 4.78 is 52.8. The lowest BCUT2D eigenvalue weighted by Crippen LogP contribution is -2.32. The lowest BCUT2D eigenvalue weighted by Gasteiger charge is -2.29. The predicted molar refractivity (Wildman–Crippen MR) is 167 cm³/mol. The fourth-order valence-electron chi connectivity index (χ4n) is 5.29. The smallest absolute Gasteiger partial charge is 0.248 e. The first-order chi connectivity index (χ1) is 21.4. The highest BCUT2D eigenvalue weighted by atomic mass is 35.5. The molecular formula is C32H35ClF4N8. The summed E-state index contributed by atoms with van der Waals surface area (Å²) in [5, 5.41) is 6.71. The fraction of sp³-hybridized carbons (Fsp3) is 0.438. The van der Waals surface area contributed by atoms with E-state index in [0.29, 0.717) is 65.5 Å². The molecule has 6 rings (SSSR count). The molecule has 45 heavy (non-hydrogen) atoms. The molecule has 4 aromatic rings. The Morgan fingerprint density at radius 2 is 1.13 bits per heavy atom. The number of pyridine rings is 2. The molecule has 8 nitrogen and oxygen atoms in total. The molecule has 0 aliphatic heterocycles. The van der Waals surface area contributed by atoms with E-state index < -0.39 is 11.8 Å². The number of halogens is 5. The molecule has 0 aromatic carbocycles. The summed E-state index contributed by atoms with van der Waals surface area (Å²) in [6, 6.07) is 14.6. The number of hydrogen-bond acceptors (Lipinski definition) is 8. The highest BCUT2D eigenvalue weighted by Crippen LogP contribution is 2.35. The highest BCUT2D eigenvalue weighted by Gasteiger charge is 2.36. The van der Waals surface area contributed by atoms with E-state index in [1.165, 1.54) is 0 Å². The first-order valence-electron chi connectivity index (χ1n) is 15.0. The average molecular weight is 643 g/mol. The second kappa shape index (κ2) is 14.0. The Balaban J connectivity index is 0.000000178.